The molecule has 0 spiro atoms. The van der Waals surface area contributed by atoms with Crippen molar-refractivity contribution in [1.82, 2.24) is 5.06 Å². The van der Waals surface area contributed by atoms with Crippen LogP contribution in [-0.4, -0.2) is 29.9 Å². The second-order valence-electron chi connectivity index (χ2n) is 5.19. The number of aliphatic hydroxyl groups excluding tert-OH is 1. The van der Waals surface area contributed by atoms with Gasteiger partial charge in [-0.3, -0.25) is 0 Å². The predicted molar refractivity (Wildman–Crippen MR) is 78.5 cm³/mol. The molecule has 0 rings (SSSR count). The van der Waals surface area contributed by atoms with Gasteiger partial charge in [0.25, 0.3) is 0 Å². The first kappa shape index (κ1) is 17.9. The van der Waals surface area contributed by atoms with Gasteiger partial charge in [-0.05, 0) is 13.0 Å². The van der Waals surface area contributed by atoms with Crippen molar-refractivity contribution in [1.29, 1.82) is 0 Å². The van der Waals surface area contributed by atoms with E-state index in [1.165, 1.54) is 57.8 Å². The lowest BCUT2D eigenvalue weighted by Gasteiger charge is -2.26. The third-order valence-electron chi connectivity index (χ3n) is 3.36. The number of unbranched alkanes of at least 4 members (excludes halogenated alkanes) is 10. The molecule has 0 saturated carbocycles. The summed E-state index contributed by atoms with van der Waals surface area (Å²) in [7, 11) is 0. The summed E-state index contributed by atoms with van der Waals surface area (Å²) in [5.41, 5.74) is 0. The fourth-order valence-corrected chi connectivity index (χ4v) is 2.18. The minimum absolute atomic E-state index is 0.0263. The average molecular weight is 258 g/mol. The first-order chi connectivity index (χ1) is 8.81. The standard InChI is InChI=1S/C15H32NO2/c1-2-3-4-5-6-7-8-9-10-11-12-13-16(18)14-15-17/h17H,2-15H2,1H3/q-1. The highest BCUT2D eigenvalue weighted by atomic mass is 16.5. The monoisotopic (exact) mass is 258 g/mol. The summed E-state index contributed by atoms with van der Waals surface area (Å²) in [6.45, 7) is 3.07. The molecule has 0 saturated heterocycles. The van der Waals surface area contributed by atoms with Gasteiger partial charge in [0.1, 0.15) is 0 Å². The van der Waals surface area contributed by atoms with E-state index >= 15 is 0 Å². The van der Waals surface area contributed by atoms with Crippen LogP contribution in [0.2, 0.25) is 0 Å². The molecule has 0 atom stereocenters. The van der Waals surface area contributed by atoms with Crippen molar-refractivity contribution in [3.63, 3.8) is 0 Å². The number of hydroxylamine groups is 2. The number of hydrogen-bond acceptors (Lipinski definition) is 3. The second-order valence-corrected chi connectivity index (χ2v) is 5.19. The quantitative estimate of drug-likeness (QED) is 0.377. The molecular formula is C15H32NO2-. The van der Waals surface area contributed by atoms with Crippen molar-refractivity contribution in [2.45, 2.75) is 77.6 Å². The predicted octanol–water partition coefficient (Wildman–Crippen LogP) is 4.09. The van der Waals surface area contributed by atoms with Gasteiger partial charge in [0.15, 0.2) is 0 Å². The molecule has 3 heteroatoms. The van der Waals surface area contributed by atoms with Crippen LogP contribution in [0, 0.1) is 5.21 Å². The molecular weight excluding hydrogens is 226 g/mol. The highest BCUT2D eigenvalue weighted by Gasteiger charge is 1.94. The van der Waals surface area contributed by atoms with E-state index in [2.05, 4.69) is 6.92 Å². The van der Waals surface area contributed by atoms with E-state index in [1.807, 2.05) is 0 Å². The van der Waals surface area contributed by atoms with Crippen LogP contribution < -0.4 is 0 Å². The zero-order chi connectivity index (χ0) is 13.5. The van der Waals surface area contributed by atoms with Crippen molar-refractivity contribution in [3.05, 3.63) is 5.21 Å². The summed E-state index contributed by atoms with van der Waals surface area (Å²) in [6, 6.07) is 0. The molecule has 1 N–H and O–H groups in total. The highest BCUT2D eigenvalue weighted by Crippen LogP contribution is 2.11. The van der Waals surface area contributed by atoms with Gasteiger partial charge in [0.2, 0.25) is 0 Å². The Kier molecular flexibility index (Phi) is 14.8. The molecule has 0 aromatic heterocycles. The zero-order valence-electron chi connectivity index (χ0n) is 12.2. The normalized spacial score (nSPS) is 11.3. The molecule has 0 aromatic rings. The van der Waals surface area contributed by atoms with Crippen LogP contribution in [-0.2, 0) is 0 Å². The van der Waals surface area contributed by atoms with Gasteiger partial charge in [-0.25, -0.2) is 0 Å². The van der Waals surface area contributed by atoms with Gasteiger partial charge in [-0.1, -0.05) is 71.1 Å². The Balaban J connectivity index is 2.98. The van der Waals surface area contributed by atoms with Crippen LogP contribution in [0.5, 0.6) is 0 Å². The Hall–Kier alpha value is -0.120. The van der Waals surface area contributed by atoms with E-state index in [9.17, 15) is 5.21 Å². The van der Waals surface area contributed by atoms with Crippen LogP contribution >= 0.6 is 0 Å². The molecule has 0 aliphatic carbocycles. The molecule has 0 aliphatic rings. The summed E-state index contributed by atoms with van der Waals surface area (Å²) in [4.78, 5) is 0. The summed E-state index contributed by atoms with van der Waals surface area (Å²) in [5.74, 6) is 0. The topological polar surface area (TPSA) is 46.5 Å². The summed E-state index contributed by atoms with van der Waals surface area (Å²) < 4.78 is 0. The Labute approximate surface area is 113 Å². The Morgan fingerprint density at radius 2 is 1.17 bits per heavy atom. The summed E-state index contributed by atoms with van der Waals surface area (Å²) >= 11 is 0. The minimum Gasteiger partial charge on any atom is -0.785 e. The summed E-state index contributed by atoms with van der Waals surface area (Å²) in [5, 5.41) is 20.6. The van der Waals surface area contributed by atoms with E-state index in [0.717, 1.165) is 17.9 Å². The van der Waals surface area contributed by atoms with E-state index in [-0.39, 0.29) is 13.2 Å². The first-order valence-corrected chi connectivity index (χ1v) is 7.84. The minimum atomic E-state index is -0.0263. The van der Waals surface area contributed by atoms with Crippen molar-refractivity contribution in [3.8, 4) is 0 Å². The number of aliphatic hydroxyl groups is 1. The molecule has 0 aliphatic heterocycles. The first-order valence-electron chi connectivity index (χ1n) is 7.84. The average Bonchev–Trinajstić information content (AvgIpc) is 2.36. The number of rotatable bonds is 14. The van der Waals surface area contributed by atoms with Gasteiger partial charge in [0, 0.05) is 6.54 Å². The maximum absolute atomic E-state index is 11.1. The van der Waals surface area contributed by atoms with E-state index < -0.39 is 0 Å². The largest absolute Gasteiger partial charge is 0.785 e. The number of nitrogens with zero attached hydrogens (tertiary/aromatic N) is 1. The lowest BCUT2D eigenvalue weighted by molar-refractivity contribution is 0.234. The fraction of sp³-hybridized carbons (Fsp3) is 1.00. The Morgan fingerprint density at radius 3 is 1.61 bits per heavy atom. The Morgan fingerprint density at radius 1 is 0.722 bits per heavy atom. The van der Waals surface area contributed by atoms with E-state index in [1.54, 1.807) is 0 Å². The molecule has 0 amide bonds. The van der Waals surface area contributed by atoms with Gasteiger partial charge < -0.3 is 15.4 Å². The summed E-state index contributed by atoms with van der Waals surface area (Å²) in [6.07, 6.45) is 14.3. The molecule has 0 radical (unpaired) electrons. The molecule has 110 valence electrons. The molecule has 18 heavy (non-hydrogen) atoms. The third-order valence-corrected chi connectivity index (χ3v) is 3.36. The zero-order valence-corrected chi connectivity index (χ0v) is 12.2. The smallest absolute Gasteiger partial charge is 0.0549 e. The van der Waals surface area contributed by atoms with Crippen molar-refractivity contribution in [2.75, 3.05) is 19.7 Å². The number of hydrogen-bond donors (Lipinski definition) is 1. The Bertz CT molecular complexity index is 153. The van der Waals surface area contributed by atoms with Gasteiger partial charge in [-0.15, -0.1) is 0 Å². The fourth-order valence-electron chi connectivity index (χ4n) is 2.18. The third kappa shape index (κ3) is 13.9. The molecule has 0 fully saturated rings. The van der Waals surface area contributed by atoms with Crippen LogP contribution in [0.15, 0.2) is 0 Å². The highest BCUT2D eigenvalue weighted by molar-refractivity contribution is 4.56. The molecule has 0 unspecified atom stereocenters. The lowest BCUT2D eigenvalue weighted by atomic mass is 10.1. The second kappa shape index (κ2) is 14.9. The van der Waals surface area contributed by atoms with E-state index in [4.69, 9.17) is 5.11 Å². The van der Waals surface area contributed by atoms with Crippen molar-refractivity contribution in [2.24, 2.45) is 0 Å². The van der Waals surface area contributed by atoms with Gasteiger partial charge in [0.05, 0.1) is 6.61 Å². The molecule has 0 aromatic carbocycles. The van der Waals surface area contributed by atoms with E-state index in [0.29, 0.717) is 6.54 Å². The maximum Gasteiger partial charge on any atom is 0.0549 e. The van der Waals surface area contributed by atoms with Crippen molar-refractivity contribution >= 4 is 0 Å². The van der Waals surface area contributed by atoms with Crippen molar-refractivity contribution < 1.29 is 5.11 Å². The van der Waals surface area contributed by atoms with Crippen LogP contribution in [0.3, 0.4) is 0 Å². The lowest BCUT2D eigenvalue weighted by Crippen LogP contribution is -2.21. The van der Waals surface area contributed by atoms with Crippen LogP contribution in [0.4, 0.5) is 0 Å². The van der Waals surface area contributed by atoms with Crippen LogP contribution in [0.1, 0.15) is 77.6 Å². The van der Waals surface area contributed by atoms with Crippen LogP contribution in [0.25, 0.3) is 0 Å². The van der Waals surface area contributed by atoms with Gasteiger partial charge in [-0.2, -0.15) is 0 Å². The van der Waals surface area contributed by atoms with Gasteiger partial charge >= 0.3 is 0 Å². The SMILES string of the molecule is CCCCCCCCCCCCCN([O-])CCO. The molecule has 0 bridgehead atoms. The molecule has 0 heterocycles. The molecule has 3 nitrogen and oxygen atoms in total. The maximum atomic E-state index is 11.1.